The SMILES string of the molecule is CNC(NC(N)c1ccccc1)C1=C2C=CCCC2CC=C1. The van der Waals surface area contributed by atoms with Gasteiger partial charge in [0.15, 0.2) is 0 Å². The fourth-order valence-electron chi connectivity index (χ4n) is 3.36. The lowest BCUT2D eigenvalue weighted by Gasteiger charge is -2.31. The second-order valence-corrected chi connectivity index (χ2v) is 6.00. The second-order valence-electron chi connectivity index (χ2n) is 6.00. The normalized spacial score (nSPS) is 23.3. The molecule has 3 atom stereocenters. The van der Waals surface area contributed by atoms with Crippen molar-refractivity contribution in [2.75, 3.05) is 7.05 Å². The maximum absolute atomic E-state index is 6.33. The van der Waals surface area contributed by atoms with Crippen molar-refractivity contribution in [3.8, 4) is 0 Å². The number of benzene rings is 1. The van der Waals surface area contributed by atoms with Gasteiger partial charge >= 0.3 is 0 Å². The highest BCUT2D eigenvalue weighted by atomic mass is 15.2. The maximum atomic E-state index is 6.33. The first-order chi connectivity index (χ1) is 10.8. The van der Waals surface area contributed by atoms with Crippen LogP contribution in [0.5, 0.6) is 0 Å². The molecule has 3 nitrogen and oxygen atoms in total. The second kappa shape index (κ2) is 7.05. The van der Waals surface area contributed by atoms with Crippen LogP contribution in [0.25, 0.3) is 0 Å². The Hall–Kier alpha value is -1.68. The highest BCUT2D eigenvalue weighted by Crippen LogP contribution is 2.34. The zero-order valence-electron chi connectivity index (χ0n) is 13.1. The molecule has 0 aromatic heterocycles. The quantitative estimate of drug-likeness (QED) is 0.732. The van der Waals surface area contributed by atoms with Gasteiger partial charge in [-0.15, -0.1) is 0 Å². The van der Waals surface area contributed by atoms with Gasteiger partial charge in [-0.3, -0.25) is 5.32 Å². The van der Waals surface area contributed by atoms with Crippen LogP contribution in [0.4, 0.5) is 0 Å². The van der Waals surface area contributed by atoms with E-state index in [0.717, 1.165) is 12.0 Å². The lowest BCUT2D eigenvalue weighted by Crippen LogP contribution is -2.47. The summed E-state index contributed by atoms with van der Waals surface area (Å²) in [5, 5.41) is 6.88. The molecule has 4 N–H and O–H groups in total. The molecule has 116 valence electrons. The minimum atomic E-state index is -0.187. The van der Waals surface area contributed by atoms with E-state index in [1.807, 2.05) is 25.2 Å². The molecule has 2 aliphatic rings. The van der Waals surface area contributed by atoms with Gasteiger partial charge in [-0.2, -0.15) is 0 Å². The molecule has 0 fully saturated rings. The van der Waals surface area contributed by atoms with E-state index in [9.17, 15) is 0 Å². The van der Waals surface area contributed by atoms with Crippen molar-refractivity contribution in [1.29, 1.82) is 0 Å². The summed E-state index contributed by atoms with van der Waals surface area (Å²) in [5.41, 5.74) is 10.2. The molecule has 0 heterocycles. The molecule has 0 spiro atoms. The van der Waals surface area contributed by atoms with Crippen molar-refractivity contribution in [2.24, 2.45) is 11.7 Å². The molecule has 0 amide bonds. The van der Waals surface area contributed by atoms with Crippen LogP contribution in [0.3, 0.4) is 0 Å². The van der Waals surface area contributed by atoms with E-state index in [0.29, 0.717) is 5.92 Å². The minimum Gasteiger partial charge on any atom is -0.312 e. The molecule has 0 radical (unpaired) electrons. The van der Waals surface area contributed by atoms with Gasteiger partial charge in [-0.1, -0.05) is 54.6 Å². The number of nitrogens with one attached hydrogen (secondary N) is 2. The van der Waals surface area contributed by atoms with E-state index in [2.05, 4.69) is 47.1 Å². The lowest BCUT2D eigenvalue weighted by molar-refractivity contribution is 0.435. The molecule has 1 aromatic rings. The van der Waals surface area contributed by atoms with Gasteiger partial charge in [0.25, 0.3) is 0 Å². The number of fused-ring (bicyclic) bond motifs is 1. The van der Waals surface area contributed by atoms with E-state index in [4.69, 9.17) is 5.73 Å². The molecule has 0 saturated heterocycles. The maximum Gasteiger partial charge on any atom is 0.0850 e. The van der Waals surface area contributed by atoms with Crippen LogP contribution >= 0.6 is 0 Å². The highest BCUT2D eigenvalue weighted by molar-refractivity contribution is 5.42. The Kier molecular flexibility index (Phi) is 4.88. The smallest absolute Gasteiger partial charge is 0.0850 e. The molecule has 0 bridgehead atoms. The van der Waals surface area contributed by atoms with Crippen molar-refractivity contribution in [1.82, 2.24) is 10.6 Å². The van der Waals surface area contributed by atoms with Crippen LogP contribution in [-0.4, -0.2) is 13.2 Å². The number of allylic oxidation sites excluding steroid dienone is 4. The number of nitrogens with two attached hydrogens (primary N) is 1. The Morgan fingerprint density at radius 3 is 2.73 bits per heavy atom. The lowest BCUT2D eigenvalue weighted by atomic mass is 9.80. The van der Waals surface area contributed by atoms with E-state index < -0.39 is 0 Å². The van der Waals surface area contributed by atoms with Crippen LogP contribution in [0.2, 0.25) is 0 Å². The van der Waals surface area contributed by atoms with Gasteiger partial charge in [0.1, 0.15) is 0 Å². The van der Waals surface area contributed by atoms with E-state index >= 15 is 0 Å². The first-order valence-electron chi connectivity index (χ1n) is 8.10. The fraction of sp³-hybridized carbons (Fsp3) is 0.368. The molecule has 0 saturated carbocycles. The summed E-state index contributed by atoms with van der Waals surface area (Å²) in [5.74, 6) is 0.663. The molecular weight excluding hydrogens is 270 g/mol. The molecule has 1 aromatic carbocycles. The zero-order valence-corrected chi connectivity index (χ0v) is 13.1. The summed E-state index contributed by atoms with van der Waals surface area (Å²) in [6.45, 7) is 0. The van der Waals surface area contributed by atoms with Crippen LogP contribution in [0, 0.1) is 5.92 Å². The first kappa shape index (κ1) is 15.2. The van der Waals surface area contributed by atoms with Gasteiger partial charge in [0.05, 0.1) is 12.3 Å². The number of rotatable bonds is 5. The van der Waals surface area contributed by atoms with Gasteiger partial charge in [0.2, 0.25) is 0 Å². The predicted octanol–water partition coefficient (Wildman–Crippen LogP) is 3.00. The van der Waals surface area contributed by atoms with Gasteiger partial charge in [0, 0.05) is 0 Å². The summed E-state index contributed by atoms with van der Waals surface area (Å²) < 4.78 is 0. The number of hydrogen-bond acceptors (Lipinski definition) is 3. The van der Waals surface area contributed by atoms with E-state index in [1.54, 1.807) is 0 Å². The van der Waals surface area contributed by atoms with E-state index in [1.165, 1.54) is 24.0 Å². The molecule has 0 aliphatic heterocycles. The Balaban J connectivity index is 1.81. The van der Waals surface area contributed by atoms with Crippen molar-refractivity contribution < 1.29 is 0 Å². The third-order valence-electron chi connectivity index (χ3n) is 4.57. The standard InChI is InChI=1S/C19H25N3/c1-21-19(22-18(20)15-9-3-2-4-10-15)17-13-7-11-14-8-5-6-12-16(14)17/h2-4,6-7,9-10,12-14,18-19,21-22H,5,8,11,20H2,1H3. The zero-order chi connectivity index (χ0) is 15.4. The van der Waals surface area contributed by atoms with Crippen molar-refractivity contribution in [3.05, 3.63) is 71.3 Å². The Labute approximate surface area is 133 Å². The average molecular weight is 295 g/mol. The Morgan fingerprint density at radius 2 is 1.95 bits per heavy atom. The Morgan fingerprint density at radius 1 is 1.14 bits per heavy atom. The number of likely N-dealkylation sites (N-methyl/N-ethyl adjacent to an activating group) is 1. The molecular formula is C19H25N3. The van der Waals surface area contributed by atoms with Crippen molar-refractivity contribution >= 4 is 0 Å². The molecule has 3 heteroatoms. The van der Waals surface area contributed by atoms with E-state index in [-0.39, 0.29) is 12.3 Å². The average Bonchev–Trinajstić information content (AvgIpc) is 2.60. The van der Waals surface area contributed by atoms with Gasteiger partial charge in [-0.05, 0) is 48.9 Å². The van der Waals surface area contributed by atoms with Crippen LogP contribution < -0.4 is 16.4 Å². The summed E-state index contributed by atoms with van der Waals surface area (Å²) in [6.07, 6.45) is 12.6. The van der Waals surface area contributed by atoms with Crippen molar-refractivity contribution in [2.45, 2.75) is 31.6 Å². The summed E-state index contributed by atoms with van der Waals surface area (Å²) in [7, 11) is 1.98. The molecule has 3 unspecified atom stereocenters. The van der Waals surface area contributed by atoms with Crippen LogP contribution in [0.1, 0.15) is 31.0 Å². The third kappa shape index (κ3) is 3.22. The summed E-state index contributed by atoms with van der Waals surface area (Å²) in [6, 6.07) is 10.2. The van der Waals surface area contributed by atoms with Crippen LogP contribution in [0.15, 0.2) is 65.8 Å². The molecule has 2 aliphatic carbocycles. The summed E-state index contributed by atoms with van der Waals surface area (Å²) in [4.78, 5) is 0. The minimum absolute atomic E-state index is 0.0620. The highest BCUT2D eigenvalue weighted by Gasteiger charge is 2.25. The monoisotopic (exact) mass is 295 g/mol. The predicted molar refractivity (Wildman–Crippen MR) is 92.0 cm³/mol. The van der Waals surface area contributed by atoms with Gasteiger partial charge < -0.3 is 11.1 Å². The summed E-state index contributed by atoms with van der Waals surface area (Å²) >= 11 is 0. The van der Waals surface area contributed by atoms with Gasteiger partial charge in [-0.25, -0.2) is 0 Å². The Bertz CT molecular complexity index is 586. The number of hydrogen-bond donors (Lipinski definition) is 3. The molecule has 3 rings (SSSR count). The molecule has 22 heavy (non-hydrogen) atoms. The first-order valence-corrected chi connectivity index (χ1v) is 8.10. The van der Waals surface area contributed by atoms with Crippen molar-refractivity contribution in [3.63, 3.8) is 0 Å². The van der Waals surface area contributed by atoms with Crippen LogP contribution in [-0.2, 0) is 0 Å². The topological polar surface area (TPSA) is 50.1 Å². The fourth-order valence-corrected chi connectivity index (χ4v) is 3.36. The largest absolute Gasteiger partial charge is 0.312 e. The third-order valence-corrected chi connectivity index (χ3v) is 4.57.